The number of amides is 1. The maximum atomic E-state index is 13.1. The molecule has 4 rings (SSSR count). The molecule has 1 saturated heterocycles. The number of nitriles is 1. The van der Waals surface area contributed by atoms with Crippen molar-refractivity contribution in [3.05, 3.63) is 70.6 Å². The van der Waals surface area contributed by atoms with Gasteiger partial charge in [-0.3, -0.25) is 4.79 Å². The average molecular weight is 411 g/mol. The van der Waals surface area contributed by atoms with Crippen LogP contribution in [0.3, 0.4) is 0 Å². The molecule has 2 aromatic carbocycles. The van der Waals surface area contributed by atoms with E-state index in [2.05, 4.69) is 11.1 Å². The summed E-state index contributed by atoms with van der Waals surface area (Å²) in [5, 5.41) is 10.0. The number of oxazole rings is 1. The Kier molecular flexibility index (Phi) is 5.19. The number of hydrogen-bond acceptors (Lipinski definition) is 5. The first-order valence-corrected chi connectivity index (χ1v) is 9.39. The molecule has 0 saturated carbocycles. The lowest BCUT2D eigenvalue weighted by atomic mass is 10.2. The van der Waals surface area contributed by atoms with Crippen molar-refractivity contribution in [1.82, 2.24) is 9.88 Å². The summed E-state index contributed by atoms with van der Waals surface area (Å²) < 4.78 is 18.9. The predicted octanol–water partition coefficient (Wildman–Crippen LogP) is 3.97. The van der Waals surface area contributed by atoms with Crippen molar-refractivity contribution in [2.24, 2.45) is 0 Å². The molecule has 0 unspecified atom stereocenters. The van der Waals surface area contributed by atoms with Gasteiger partial charge in [-0.25, -0.2) is 4.39 Å². The minimum atomic E-state index is -0.378. The second-order valence-electron chi connectivity index (χ2n) is 6.58. The van der Waals surface area contributed by atoms with E-state index in [9.17, 15) is 14.4 Å². The molecule has 0 radical (unpaired) electrons. The van der Waals surface area contributed by atoms with Gasteiger partial charge in [-0.05, 0) is 42.5 Å². The van der Waals surface area contributed by atoms with E-state index in [1.54, 1.807) is 23.1 Å². The number of benzene rings is 2. The molecule has 29 heavy (non-hydrogen) atoms. The SMILES string of the molecule is N#Cc1nc(-c2cccc(Cl)c2)oc1N1CCN(C(=O)c2ccc(F)cc2)CC1. The summed E-state index contributed by atoms with van der Waals surface area (Å²) in [5.74, 6) is 0.179. The third-order valence-electron chi connectivity index (χ3n) is 4.73. The summed E-state index contributed by atoms with van der Waals surface area (Å²) in [6, 6.07) is 14.6. The molecule has 1 aromatic heterocycles. The zero-order valence-corrected chi connectivity index (χ0v) is 16.1. The van der Waals surface area contributed by atoms with Crippen LogP contribution in [-0.2, 0) is 0 Å². The smallest absolute Gasteiger partial charge is 0.253 e. The quantitative estimate of drug-likeness (QED) is 0.653. The lowest BCUT2D eigenvalue weighted by Crippen LogP contribution is -2.48. The normalized spacial score (nSPS) is 14.0. The van der Waals surface area contributed by atoms with Gasteiger partial charge < -0.3 is 14.2 Å². The van der Waals surface area contributed by atoms with Crippen molar-refractivity contribution in [1.29, 1.82) is 5.26 Å². The second-order valence-corrected chi connectivity index (χ2v) is 7.02. The molecular formula is C21H16ClFN4O2. The minimum Gasteiger partial charge on any atom is -0.419 e. The Balaban J connectivity index is 1.49. The van der Waals surface area contributed by atoms with E-state index in [-0.39, 0.29) is 17.4 Å². The highest BCUT2D eigenvalue weighted by Crippen LogP contribution is 2.30. The first-order valence-electron chi connectivity index (χ1n) is 9.02. The third kappa shape index (κ3) is 3.93. The van der Waals surface area contributed by atoms with Crippen molar-refractivity contribution >= 4 is 23.4 Å². The van der Waals surface area contributed by atoms with Gasteiger partial charge in [0.1, 0.15) is 11.9 Å². The van der Waals surface area contributed by atoms with Gasteiger partial charge in [0.15, 0.2) is 0 Å². The standard InChI is InChI=1S/C21H16ClFN4O2/c22-16-3-1-2-15(12-16)19-25-18(13-24)21(29-19)27-10-8-26(9-11-27)20(28)14-4-6-17(23)7-5-14/h1-7,12H,8-11H2. The second kappa shape index (κ2) is 7.94. The van der Waals surface area contributed by atoms with Gasteiger partial charge in [0.25, 0.3) is 5.91 Å². The van der Waals surface area contributed by atoms with Crippen molar-refractivity contribution in [2.45, 2.75) is 0 Å². The number of carbonyl (C=O) groups is 1. The molecule has 0 bridgehead atoms. The van der Waals surface area contributed by atoms with Gasteiger partial charge >= 0.3 is 0 Å². The van der Waals surface area contributed by atoms with Crippen LogP contribution in [-0.4, -0.2) is 42.0 Å². The van der Waals surface area contributed by atoms with Gasteiger partial charge in [0.05, 0.1) is 0 Å². The Bertz CT molecular complexity index is 1080. The lowest BCUT2D eigenvalue weighted by Gasteiger charge is -2.34. The first-order chi connectivity index (χ1) is 14.0. The Hall–Kier alpha value is -3.37. The fourth-order valence-corrected chi connectivity index (χ4v) is 3.42. The zero-order valence-electron chi connectivity index (χ0n) is 15.3. The molecule has 0 N–H and O–H groups in total. The molecule has 0 atom stereocenters. The number of halogens is 2. The van der Waals surface area contributed by atoms with E-state index in [0.717, 1.165) is 0 Å². The van der Waals surface area contributed by atoms with Gasteiger partial charge in [0.2, 0.25) is 17.5 Å². The number of aromatic nitrogens is 1. The Morgan fingerprint density at radius 3 is 2.52 bits per heavy atom. The van der Waals surface area contributed by atoms with Gasteiger partial charge in [0, 0.05) is 42.3 Å². The lowest BCUT2D eigenvalue weighted by molar-refractivity contribution is 0.0745. The highest BCUT2D eigenvalue weighted by atomic mass is 35.5. The van der Waals surface area contributed by atoms with Crippen molar-refractivity contribution in [3.8, 4) is 17.5 Å². The van der Waals surface area contributed by atoms with Crippen LogP contribution in [0.1, 0.15) is 16.1 Å². The fraction of sp³-hybridized carbons (Fsp3) is 0.190. The van der Waals surface area contributed by atoms with E-state index in [4.69, 9.17) is 16.0 Å². The molecule has 6 nitrogen and oxygen atoms in total. The minimum absolute atomic E-state index is 0.151. The number of hydrogen-bond donors (Lipinski definition) is 0. The number of piperazine rings is 1. The maximum Gasteiger partial charge on any atom is 0.253 e. The van der Waals surface area contributed by atoms with E-state index in [0.29, 0.717) is 54.1 Å². The van der Waals surface area contributed by atoms with Crippen molar-refractivity contribution < 1.29 is 13.6 Å². The van der Waals surface area contributed by atoms with Crippen LogP contribution in [0.5, 0.6) is 0 Å². The van der Waals surface area contributed by atoms with Crippen molar-refractivity contribution in [2.75, 3.05) is 31.1 Å². The molecule has 3 aromatic rings. The van der Waals surface area contributed by atoms with Crippen LogP contribution in [0.15, 0.2) is 52.9 Å². The van der Waals surface area contributed by atoms with Crippen LogP contribution >= 0.6 is 11.6 Å². The highest BCUT2D eigenvalue weighted by Gasteiger charge is 2.27. The topological polar surface area (TPSA) is 73.4 Å². The molecule has 1 amide bonds. The molecule has 146 valence electrons. The van der Waals surface area contributed by atoms with E-state index in [1.165, 1.54) is 24.3 Å². The highest BCUT2D eigenvalue weighted by molar-refractivity contribution is 6.30. The molecule has 0 spiro atoms. The molecule has 1 fully saturated rings. The van der Waals surface area contributed by atoms with Crippen LogP contribution in [0.25, 0.3) is 11.5 Å². The molecular weight excluding hydrogens is 395 g/mol. The van der Waals surface area contributed by atoms with E-state index < -0.39 is 0 Å². The van der Waals surface area contributed by atoms with Crippen LogP contribution < -0.4 is 4.90 Å². The summed E-state index contributed by atoms with van der Waals surface area (Å²) in [7, 11) is 0. The number of nitrogens with zero attached hydrogens (tertiary/aromatic N) is 4. The predicted molar refractivity (Wildman–Crippen MR) is 106 cm³/mol. The van der Waals surface area contributed by atoms with E-state index in [1.807, 2.05) is 11.0 Å². The van der Waals surface area contributed by atoms with Crippen molar-refractivity contribution in [3.63, 3.8) is 0 Å². The maximum absolute atomic E-state index is 13.1. The number of carbonyl (C=O) groups excluding carboxylic acids is 1. The van der Waals surface area contributed by atoms with Crippen LogP contribution in [0.2, 0.25) is 5.02 Å². The summed E-state index contributed by atoms with van der Waals surface area (Å²) in [4.78, 5) is 20.5. The number of anilines is 1. The largest absolute Gasteiger partial charge is 0.419 e. The first kappa shape index (κ1) is 19.0. The van der Waals surface area contributed by atoms with Gasteiger partial charge in [-0.1, -0.05) is 17.7 Å². The average Bonchev–Trinajstić information content (AvgIpc) is 3.18. The Morgan fingerprint density at radius 2 is 1.86 bits per heavy atom. The third-order valence-corrected chi connectivity index (χ3v) is 4.97. The number of rotatable bonds is 3. The molecule has 8 heteroatoms. The summed E-state index contributed by atoms with van der Waals surface area (Å²) >= 11 is 6.03. The van der Waals surface area contributed by atoms with Gasteiger partial charge in [-0.15, -0.1) is 0 Å². The van der Waals surface area contributed by atoms with E-state index >= 15 is 0 Å². The van der Waals surface area contributed by atoms with Crippen LogP contribution in [0, 0.1) is 17.1 Å². The summed E-state index contributed by atoms with van der Waals surface area (Å²) in [5.41, 5.74) is 1.32. The Morgan fingerprint density at radius 1 is 1.14 bits per heavy atom. The van der Waals surface area contributed by atoms with Crippen LogP contribution in [0.4, 0.5) is 10.3 Å². The Labute approximate surface area is 171 Å². The molecule has 1 aliphatic rings. The molecule has 0 aliphatic carbocycles. The fourth-order valence-electron chi connectivity index (χ4n) is 3.23. The molecule has 1 aliphatic heterocycles. The zero-order chi connectivity index (χ0) is 20.4. The molecule has 2 heterocycles. The summed E-state index contributed by atoms with van der Waals surface area (Å²) in [6.07, 6.45) is 0. The monoisotopic (exact) mass is 410 g/mol. The van der Waals surface area contributed by atoms with Gasteiger partial charge in [-0.2, -0.15) is 10.2 Å². The summed E-state index contributed by atoms with van der Waals surface area (Å²) in [6.45, 7) is 1.89.